The van der Waals surface area contributed by atoms with Gasteiger partial charge in [0.05, 0.1) is 25.4 Å². The first-order chi connectivity index (χ1) is 16.2. The van der Waals surface area contributed by atoms with Crippen LogP contribution in [0.2, 0.25) is 5.44 Å². The van der Waals surface area contributed by atoms with Crippen molar-refractivity contribution >= 4 is 26.3 Å². The fraction of sp³-hybridized carbons (Fsp3) is 0.357. The normalized spacial score (nSPS) is 17.6. The molecule has 0 spiro atoms. The van der Waals surface area contributed by atoms with Gasteiger partial charge in [-0.1, -0.05) is 71.0 Å². The van der Waals surface area contributed by atoms with Gasteiger partial charge in [0.2, 0.25) is 0 Å². The summed E-state index contributed by atoms with van der Waals surface area (Å²) in [6, 6.07) is 27.7. The van der Waals surface area contributed by atoms with Crippen molar-refractivity contribution in [1.82, 2.24) is 0 Å². The maximum Gasteiger partial charge on any atom is 0.459 e. The van der Waals surface area contributed by atoms with Crippen molar-refractivity contribution in [3.8, 4) is 11.5 Å². The van der Waals surface area contributed by atoms with Crippen LogP contribution < -0.4 is 19.8 Å². The van der Waals surface area contributed by atoms with Crippen molar-refractivity contribution < 1.29 is 18.8 Å². The maximum atomic E-state index is 6.68. The Balaban J connectivity index is 1.83. The molecular formula is C28H34BO4Si. The van der Waals surface area contributed by atoms with Gasteiger partial charge in [-0.2, -0.15) is 0 Å². The molecule has 4 nitrogen and oxygen atoms in total. The summed E-state index contributed by atoms with van der Waals surface area (Å²) in [5.74, 6) is 1.57. The van der Waals surface area contributed by atoms with Gasteiger partial charge in [-0.3, -0.25) is 0 Å². The molecule has 1 atom stereocenters. The van der Waals surface area contributed by atoms with Gasteiger partial charge in [0.25, 0.3) is 0 Å². The van der Waals surface area contributed by atoms with Crippen LogP contribution in [0.3, 0.4) is 0 Å². The number of hydrogen-bond acceptors (Lipinski definition) is 4. The number of rotatable bonds is 8. The first-order valence-electron chi connectivity index (χ1n) is 11.8. The molecule has 0 saturated carbocycles. The summed E-state index contributed by atoms with van der Waals surface area (Å²) in [6.07, 6.45) is 0.780. The zero-order valence-corrected chi connectivity index (χ0v) is 22.0. The minimum absolute atomic E-state index is 0.118. The third-order valence-corrected chi connectivity index (χ3v) is 10.1. The van der Waals surface area contributed by atoms with Crippen molar-refractivity contribution in [2.45, 2.75) is 50.8 Å². The molecule has 4 rings (SSSR count). The highest BCUT2D eigenvalue weighted by molar-refractivity contribution is 6.93. The molecule has 0 aromatic heterocycles. The van der Waals surface area contributed by atoms with Crippen LogP contribution >= 0.6 is 0 Å². The van der Waals surface area contributed by atoms with E-state index in [4.69, 9.17) is 18.8 Å². The maximum absolute atomic E-state index is 6.68. The Morgan fingerprint density at radius 3 is 1.59 bits per heavy atom. The first kappa shape index (κ1) is 24.6. The van der Waals surface area contributed by atoms with Crippen LogP contribution in [0.25, 0.3) is 0 Å². The average Bonchev–Trinajstić information content (AvgIpc) is 3.06. The predicted molar refractivity (Wildman–Crippen MR) is 141 cm³/mol. The van der Waals surface area contributed by atoms with Gasteiger partial charge in [0.15, 0.2) is 0 Å². The van der Waals surface area contributed by atoms with Gasteiger partial charge in [0.1, 0.15) is 20.3 Å². The van der Waals surface area contributed by atoms with E-state index < -0.39 is 20.0 Å². The van der Waals surface area contributed by atoms with E-state index >= 15 is 0 Å². The van der Waals surface area contributed by atoms with Crippen molar-refractivity contribution in [3.05, 3.63) is 84.4 Å². The summed E-state index contributed by atoms with van der Waals surface area (Å²) in [4.78, 5) is 0. The van der Waals surface area contributed by atoms with E-state index in [1.54, 1.807) is 14.2 Å². The van der Waals surface area contributed by atoms with Crippen molar-refractivity contribution in [2.24, 2.45) is 0 Å². The van der Waals surface area contributed by atoms with Crippen LogP contribution in [-0.4, -0.2) is 41.3 Å². The van der Waals surface area contributed by atoms with Crippen LogP contribution in [0, 0.1) is 0 Å². The molecule has 1 saturated heterocycles. The van der Waals surface area contributed by atoms with Gasteiger partial charge in [-0.05, 0) is 51.8 Å². The Morgan fingerprint density at radius 2 is 1.18 bits per heavy atom. The molecule has 0 bridgehead atoms. The van der Waals surface area contributed by atoms with Gasteiger partial charge in [-0.25, -0.2) is 0 Å². The molecule has 0 amide bonds. The second-order valence-corrected chi connectivity index (χ2v) is 12.5. The zero-order chi connectivity index (χ0) is 24.3. The molecule has 0 aliphatic carbocycles. The second kappa shape index (κ2) is 9.98. The van der Waals surface area contributed by atoms with Gasteiger partial charge < -0.3 is 18.8 Å². The Labute approximate surface area is 206 Å². The SMILES string of the molecule is COc1cc(C[C@H](B2OC(C)(C)C(C)(C)O2)[Si](c2ccccc2)c2ccccc2)cc(OC)c1. The number of hydrogen-bond donors (Lipinski definition) is 0. The largest absolute Gasteiger partial charge is 0.497 e. The molecule has 34 heavy (non-hydrogen) atoms. The van der Waals surface area contributed by atoms with Crippen LogP contribution in [-0.2, 0) is 15.7 Å². The zero-order valence-electron chi connectivity index (χ0n) is 21.0. The van der Waals surface area contributed by atoms with E-state index in [0.717, 1.165) is 23.5 Å². The third-order valence-electron chi connectivity index (χ3n) is 7.01. The summed E-state index contributed by atoms with van der Waals surface area (Å²) in [5.41, 5.74) is 0.461. The molecule has 6 heteroatoms. The highest BCUT2D eigenvalue weighted by Crippen LogP contribution is 2.42. The lowest BCUT2D eigenvalue weighted by atomic mass is 9.80. The molecule has 1 radical (unpaired) electrons. The summed E-state index contributed by atoms with van der Waals surface area (Å²) in [6.45, 7) is 8.48. The highest BCUT2D eigenvalue weighted by atomic mass is 28.3. The summed E-state index contributed by atoms with van der Waals surface area (Å²) in [5, 5.41) is 2.68. The minimum atomic E-state index is -1.29. The molecule has 1 aliphatic heterocycles. The van der Waals surface area contributed by atoms with E-state index in [-0.39, 0.29) is 12.6 Å². The highest BCUT2D eigenvalue weighted by Gasteiger charge is 2.55. The number of ether oxygens (including phenoxy) is 2. The fourth-order valence-corrected chi connectivity index (χ4v) is 7.60. The third kappa shape index (κ3) is 5.09. The minimum Gasteiger partial charge on any atom is -0.497 e. The van der Waals surface area contributed by atoms with Crippen molar-refractivity contribution in [3.63, 3.8) is 0 Å². The molecule has 1 aliphatic rings. The summed E-state index contributed by atoms with van der Waals surface area (Å²) in [7, 11) is 1.75. The monoisotopic (exact) mass is 473 g/mol. The smallest absolute Gasteiger partial charge is 0.459 e. The number of benzene rings is 3. The quantitative estimate of drug-likeness (QED) is 0.450. The Bertz CT molecular complexity index is 1010. The summed E-state index contributed by atoms with van der Waals surface area (Å²) >= 11 is 0. The molecule has 3 aromatic carbocycles. The average molecular weight is 473 g/mol. The summed E-state index contributed by atoms with van der Waals surface area (Å²) < 4.78 is 24.5. The molecule has 3 aromatic rings. The molecule has 177 valence electrons. The Kier molecular flexibility index (Phi) is 7.22. The molecular weight excluding hydrogens is 439 g/mol. The van der Waals surface area contributed by atoms with E-state index in [1.807, 2.05) is 6.07 Å². The van der Waals surface area contributed by atoms with Crippen LogP contribution in [0.4, 0.5) is 0 Å². The van der Waals surface area contributed by atoms with Crippen molar-refractivity contribution in [2.75, 3.05) is 14.2 Å². The number of methoxy groups -OCH3 is 2. The molecule has 1 fully saturated rings. The van der Waals surface area contributed by atoms with E-state index in [2.05, 4.69) is 100 Å². The molecule has 0 N–H and O–H groups in total. The predicted octanol–water partition coefficient (Wildman–Crippen LogP) is 4.56. The lowest BCUT2D eigenvalue weighted by molar-refractivity contribution is 0.00578. The van der Waals surface area contributed by atoms with Gasteiger partial charge in [0, 0.05) is 11.5 Å². The van der Waals surface area contributed by atoms with Crippen LogP contribution in [0.1, 0.15) is 33.3 Å². The van der Waals surface area contributed by atoms with Crippen LogP contribution in [0.5, 0.6) is 11.5 Å². The standard InChI is InChI=1S/C28H34BO4Si/c1-27(2)28(3,4)33-29(32-27)26(19-21-17-22(30-5)20-23(18-21)31-6)34(24-13-9-7-10-14-24)25-15-11-8-12-16-25/h7-18,20,26H,19H2,1-6H3/t26-/m1/s1. The van der Waals surface area contributed by atoms with Gasteiger partial charge in [-0.15, -0.1) is 0 Å². The van der Waals surface area contributed by atoms with Gasteiger partial charge >= 0.3 is 7.12 Å². The topological polar surface area (TPSA) is 36.9 Å². The molecule has 0 unspecified atom stereocenters. The van der Waals surface area contributed by atoms with E-state index in [1.165, 1.54) is 10.4 Å². The first-order valence-corrected chi connectivity index (χ1v) is 13.4. The van der Waals surface area contributed by atoms with Crippen molar-refractivity contribution in [1.29, 1.82) is 0 Å². The lowest BCUT2D eigenvalue weighted by Gasteiger charge is -2.32. The Hall–Kier alpha value is -2.54. The second-order valence-electron chi connectivity index (χ2n) is 9.80. The lowest BCUT2D eigenvalue weighted by Crippen LogP contribution is -2.52. The van der Waals surface area contributed by atoms with Crippen LogP contribution in [0.15, 0.2) is 78.9 Å². The molecule has 1 heterocycles. The van der Waals surface area contributed by atoms with E-state index in [0.29, 0.717) is 0 Å². The van der Waals surface area contributed by atoms with E-state index in [9.17, 15) is 0 Å². The fourth-order valence-electron chi connectivity index (χ4n) is 4.46. The Morgan fingerprint density at radius 1 is 0.735 bits per heavy atom.